The van der Waals surface area contributed by atoms with Crippen LogP contribution in [0, 0.1) is 0 Å². The van der Waals surface area contributed by atoms with Crippen molar-refractivity contribution in [3.05, 3.63) is 133 Å². The highest BCUT2D eigenvalue weighted by molar-refractivity contribution is 7.20. The summed E-state index contributed by atoms with van der Waals surface area (Å²) in [7, 11) is -6.08. The Morgan fingerprint density at radius 3 is 1.08 bits per heavy atom. The van der Waals surface area contributed by atoms with Gasteiger partial charge in [0.1, 0.15) is 0 Å². The van der Waals surface area contributed by atoms with Crippen LogP contribution in [0.15, 0.2) is 133 Å². The molecule has 0 aliphatic rings. The fourth-order valence-corrected chi connectivity index (χ4v) is 14.1. The summed E-state index contributed by atoms with van der Waals surface area (Å²) in [6, 6.07) is 50.6. The summed E-state index contributed by atoms with van der Waals surface area (Å²) in [6.45, 7) is 15.0. The van der Waals surface area contributed by atoms with Crippen LogP contribution in [0.5, 0.6) is 0 Å². The Kier molecular flexibility index (Phi) is 7.51. The average molecular weight is 557 g/mol. The molecule has 0 bridgehead atoms. The van der Waals surface area contributed by atoms with Crippen LogP contribution < -0.4 is 31.1 Å². The molecule has 3 heteroatoms. The SMILES string of the molecule is C[Si](C)(C)c1cc([Si](C)(C)C)c(-c2ccccc2)c([Si](c2ccccc2)(c2ccccc2)c2ccccc2)c1. The second-order valence-corrected chi connectivity index (χ2v) is 26.5. The number of hydrogen-bond donors (Lipinski definition) is 0. The predicted molar refractivity (Wildman–Crippen MR) is 181 cm³/mol. The van der Waals surface area contributed by atoms with Crippen molar-refractivity contribution >= 4 is 55.3 Å². The summed E-state index contributed by atoms with van der Waals surface area (Å²) in [5.41, 5.74) is 2.81. The summed E-state index contributed by atoms with van der Waals surface area (Å²) in [4.78, 5) is 0. The fraction of sp³-hybridized carbons (Fsp3) is 0.167. The highest BCUT2D eigenvalue weighted by atomic mass is 28.3. The van der Waals surface area contributed by atoms with Crippen molar-refractivity contribution in [2.24, 2.45) is 0 Å². The van der Waals surface area contributed by atoms with Crippen molar-refractivity contribution in [1.82, 2.24) is 0 Å². The van der Waals surface area contributed by atoms with Crippen molar-refractivity contribution in [3.63, 3.8) is 0 Å². The number of rotatable bonds is 7. The van der Waals surface area contributed by atoms with E-state index in [1.54, 1.807) is 10.4 Å². The zero-order valence-electron chi connectivity index (χ0n) is 24.2. The molecule has 196 valence electrons. The maximum atomic E-state index is 2.65. The zero-order valence-corrected chi connectivity index (χ0v) is 27.2. The van der Waals surface area contributed by atoms with E-state index in [1.165, 1.54) is 31.9 Å². The van der Waals surface area contributed by atoms with Crippen molar-refractivity contribution in [2.75, 3.05) is 0 Å². The predicted octanol–water partition coefficient (Wildman–Crippen LogP) is 5.82. The van der Waals surface area contributed by atoms with Crippen molar-refractivity contribution < 1.29 is 0 Å². The van der Waals surface area contributed by atoms with Crippen LogP contribution in [-0.4, -0.2) is 24.2 Å². The van der Waals surface area contributed by atoms with Crippen LogP contribution in [0.2, 0.25) is 39.3 Å². The van der Waals surface area contributed by atoms with E-state index in [0.29, 0.717) is 0 Å². The molecule has 0 saturated carbocycles. The normalized spacial score (nSPS) is 12.4. The van der Waals surface area contributed by atoms with Crippen molar-refractivity contribution in [3.8, 4) is 11.1 Å². The molecular formula is C36H40Si3. The number of hydrogen-bond acceptors (Lipinski definition) is 0. The minimum absolute atomic E-state index is 1.34. The van der Waals surface area contributed by atoms with E-state index in [1.807, 2.05) is 0 Å². The highest BCUT2D eigenvalue weighted by Crippen LogP contribution is 2.23. The van der Waals surface area contributed by atoms with Crippen LogP contribution in [0.1, 0.15) is 0 Å². The van der Waals surface area contributed by atoms with Crippen LogP contribution >= 0.6 is 0 Å². The first-order valence-corrected chi connectivity index (χ1v) is 23.0. The summed E-state index contributed by atoms with van der Waals surface area (Å²) in [5, 5.41) is 9.00. The molecule has 0 N–H and O–H groups in total. The van der Waals surface area contributed by atoms with E-state index in [9.17, 15) is 0 Å². The summed E-state index contributed by atoms with van der Waals surface area (Å²) >= 11 is 0. The Hall–Kier alpha value is -3.25. The van der Waals surface area contributed by atoms with Crippen LogP contribution in [0.3, 0.4) is 0 Å². The Morgan fingerprint density at radius 2 is 0.718 bits per heavy atom. The topological polar surface area (TPSA) is 0 Å². The van der Waals surface area contributed by atoms with E-state index < -0.39 is 24.2 Å². The molecule has 0 aliphatic carbocycles. The second kappa shape index (κ2) is 10.7. The second-order valence-electron chi connectivity index (χ2n) is 12.7. The maximum Gasteiger partial charge on any atom is 0.180 e. The van der Waals surface area contributed by atoms with Gasteiger partial charge in [-0.15, -0.1) is 0 Å². The molecule has 0 radical (unpaired) electrons. The molecule has 5 aromatic carbocycles. The largest absolute Gasteiger partial charge is 0.180 e. The van der Waals surface area contributed by atoms with Gasteiger partial charge in [-0.1, -0.05) is 183 Å². The third-order valence-electron chi connectivity index (χ3n) is 7.90. The quantitative estimate of drug-likeness (QED) is 0.175. The van der Waals surface area contributed by atoms with Gasteiger partial charge in [0.15, 0.2) is 8.07 Å². The minimum atomic E-state index is -2.70. The van der Waals surface area contributed by atoms with Gasteiger partial charge in [-0.25, -0.2) is 0 Å². The lowest BCUT2D eigenvalue weighted by molar-refractivity contribution is 1.62. The van der Waals surface area contributed by atoms with Gasteiger partial charge in [-0.05, 0) is 31.9 Å². The third kappa shape index (κ3) is 5.19. The van der Waals surface area contributed by atoms with Gasteiger partial charge in [0.05, 0.1) is 16.1 Å². The van der Waals surface area contributed by atoms with Gasteiger partial charge >= 0.3 is 0 Å². The van der Waals surface area contributed by atoms with Crippen LogP contribution in [0.25, 0.3) is 11.1 Å². The molecule has 0 aliphatic heterocycles. The average Bonchev–Trinajstić information content (AvgIpc) is 2.94. The van der Waals surface area contributed by atoms with E-state index in [2.05, 4.69) is 173 Å². The van der Waals surface area contributed by atoms with Gasteiger partial charge in [-0.2, -0.15) is 0 Å². The van der Waals surface area contributed by atoms with E-state index in [4.69, 9.17) is 0 Å². The first kappa shape index (κ1) is 27.3. The molecular weight excluding hydrogens is 517 g/mol. The zero-order chi connectivity index (χ0) is 27.7. The van der Waals surface area contributed by atoms with Gasteiger partial charge < -0.3 is 0 Å². The standard InChI is InChI=1S/C36H40Si3/c1-37(2,3)33-27-34(38(4,5)6)36(29-19-11-7-12-20-29)35(28-33)39(30-21-13-8-14-22-30,31-23-15-9-16-24-31)32-25-17-10-18-26-32/h7-28H,1-6H3. The Morgan fingerprint density at radius 1 is 0.359 bits per heavy atom. The minimum Gasteiger partial charge on any atom is -0.0656 e. The molecule has 0 saturated heterocycles. The number of benzene rings is 5. The maximum absolute atomic E-state index is 2.70. The third-order valence-corrected chi connectivity index (χ3v) is 16.7. The molecule has 0 aromatic heterocycles. The molecule has 0 spiro atoms. The lowest BCUT2D eigenvalue weighted by atomic mass is 10.1. The van der Waals surface area contributed by atoms with E-state index >= 15 is 0 Å². The Bertz CT molecular complexity index is 1430. The first-order chi connectivity index (χ1) is 18.6. The lowest BCUT2D eigenvalue weighted by Crippen LogP contribution is -2.76. The Balaban J connectivity index is 2.09. The molecule has 5 aromatic rings. The molecule has 0 unspecified atom stereocenters. The summed E-state index contributed by atoms with van der Waals surface area (Å²) < 4.78 is 0. The van der Waals surface area contributed by atoms with Crippen molar-refractivity contribution in [1.29, 1.82) is 0 Å². The summed E-state index contributed by atoms with van der Waals surface area (Å²) in [5.74, 6) is 0. The molecule has 39 heavy (non-hydrogen) atoms. The first-order valence-electron chi connectivity index (χ1n) is 14.0. The monoisotopic (exact) mass is 556 g/mol. The highest BCUT2D eigenvalue weighted by Gasteiger charge is 2.44. The molecule has 0 nitrogen and oxygen atoms in total. The Labute approximate surface area is 238 Å². The lowest BCUT2D eigenvalue weighted by Gasteiger charge is -2.39. The van der Waals surface area contributed by atoms with Crippen LogP contribution in [0.4, 0.5) is 0 Å². The van der Waals surface area contributed by atoms with Crippen LogP contribution in [-0.2, 0) is 0 Å². The van der Waals surface area contributed by atoms with E-state index in [-0.39, 0.29) is 0 Å². The molecule has 0 amide bonds. The molecule has 0 atom stereocenters. The van der Waals surface area contributed by atoms with Gasteiger partial charge in [-0.3, -0.25) is 0 Å². The van der Waals surface area contributed by atoms with Crippen molar-refractivity contribution in [2.45, 2.75) is 39.3 Å². The molecule has 0 fully saturated rings. The summed E-state index contributed by atoms with van der Waals surface area (Å²) in [6.07, 6.45) is 0. The van der Waals surface area contributed by atoms with Gasteiger partial charge in [0.2, 0.25) is 0 Å². The van der Waals surface area contributed by atoms with Gasteiger partial charge in [0.25, 0.3) is 0 Å². The van der Waals surface area contributed by atoms with Gasteiger partial charge in [0, 0.05) is 0 Å². The van der Waals surface area contributed by atoms with E-state index in [0.717, 1.165) is 0 Å². The fourth-order valence-electron chi connectivity index (χ4n) is 5.91. The molecule has 0 heterocycles. The molecule has 5 rings (SSSR count). The smallest absolute Gasteiger partial charge is 0.0656 e.